The zero-order chi connectivity index (χ0) is 14.9. The molecule has 2 rings (SSSR count). The van der Waals surface area contributed by atoms with Gasteiger partial charge in [-0.05, 0) is 43.5 Å². The number of nitrogens with zero attached hydrogens (tertiary/aromatic N) is 2. The molecular weight excluding hydrogens is 258 g/mol. The van der Waals surface area contributed by atoms with E-state index in [2.05, 4.69) is 4.98 Å². The molecule has 0 radical (unpaired) electrons. The van der Waals surface area contributed by atoms with Crippen LogP contribution < -0.4 is 10.5 Å². The fraction of sp³-hybridized carbons (Fsp3) is 0.214. The molecule has 0 saturated heterocycles. The summed E-state index contributed by atoms with van der Waals surface area (Å²) in [6.07, 6.45) is 1.60. The number of nitro benzene ring substituents is 1. The molecule has 2 N–H and O–H groups in total. The summed E-state index contributed by atoms with van der Waals surface area (Å²) >= 11 is 0. The van der Waals surface area contributed by atoms with Gasteiger partial charge in [-0.25, -0.2) is 4.98 Å². The third-order valence-electron chi connectivity index (χ3n) is 2.81. The maximum Gasteiger partial charge on any atom is 0.312 e. The highest BCUT2D eigenvalue weighted by atomic mass is 16.6. The Labute approximate surface area is 116 Å². The Kier molecular flexibility index (Phi) is 3.56. The van der Waals surface area contributed by atoms with Crippen LogP contribution in [-0.2, 0) is 0 Å². The molecule has 1 aromatic carbocycles. The van der Waals surface area contributed by atoms with Crippen molar-refractivity contribution in [3.8, 4) is 11.6 Å². The predicted octanol–water partition coefficient (Wildman–Crippen LogP) is 3.29. The molecule has 0 atom stereocenters. The third-order valence-corrected chi connectivity index (χ3v) is 2.81. The van der Waals surface area contributed by atoms with Gasteiger partial charge in [0, 0.05) is 12.3 Å². The number of pyridine rings is 1. The SMILES string of the molecule is Cc1cnc(Oc2c(C)cc(C)cc2[N+](=O)[O-])c(N)c1. The molecule has 6 heteroatoms. The lowest BCUT2D eigenvalue weighted by Crippen LogP contribution is -2.00. The van der Waals surface area contributed by atoms with Crippen LogP contribution in [0.3, 0.4) is 0 Å². The molecule has 1 heterocycles. The molecule has 20 heavy (non-hydrogen) atoms. The van der Waals surface area contributed by atoms with E-state index >= 15 is 0 Å². The lowest BCUT2D eigenvalue weighted by molar-refractivity contribution is -0.385. The zero-order valence-corrected chi connectivity index (χ0v) is 11.5. The highest BCUT2D eigenvalue weighted by Crippen LogP contribution is 2.36. The molecule has 1 aromatic heterocycles. The topological polar surface area (TPSA) is 91.3 Å². The number of nitro groups is 1. The van der Waals surface area contributed by atoms with Crippen LogP contribution in [0.5, 0.6) is 11.6 Å². The fourth-order valence-electron chi connectivity index (χ4n) is 1.96. The Morgan fingerprint density at radius 3 is 2.50 bits per heavy atom. The summed E-state index contributed by atoms with van der Waals surface area (Å²) in [6.45, 7) is 5.40. The van der Waals surface area contributed by atoms with Crippen LogP contribution in [0.1, 0.15) is 16.7 Å². The van der Waals surface area contributed by atoms with E-state index in [0.717, 1.165) is 11.1 Å². The van der Waals surface area contributed by atoms with Gasteiger partial charge in [-0.15, -0.1) is 0 Å². The molecule has 6 nitrogen and oxygen atoms in total. The van der Waals surface area contributed by atoms with Crippen LogP contribution in [0, 0.1) is 30.9 Å². The van der Waals surface area contributed by atoms with Crippen molar-refractivity contribution in [3.63, 3.8) is 0 Å². The number of aromatic nitrogens is 1. The van der Waals surface area contributed by atoms with Crippen molar-refractivity contribution in [2.75, 3.05) is 5.73 Å². The van der Waals surface area contributed by atoms with Gasteiger partial charge >= 0.3 is 5.69 Å². The smallest absolute Gasteiger partial charge is 0.312 e. The maximum absolute atomic E-state index is 11.1. The van der Waals surface area contributed by atoms with Gasteiger partial charge in [0.2, 0.25) is 11.6 Å². The fourth-order valence-corrected chi connectivity index (χ4v) is 1.96. The summed E-state index contributed by atoms with van der Waals surface area (Å²) in [5.41, 5.74) is 8.43. The molecule has 0 saturated carbocycles. The van der Waals surface area contributed by atoms with E-state index in [1.165, 1.54) is 6.07 Å². The van der Waals surface area contributed by atoms with Crippen molar-refractivity contribution in [2.45, 2.75) is 20.8 Å². The average Bonchev–Trinajstić information content (AvgIpc) is 2.34. The number of hydrogen-bond acceptors (Lipinski definition) is 5. The summed E-state index contributed by atoms with van der Waals surface area (Å²) in [6, 6.07) is 4.98. The first-order valence-electron chi connectivity index (χ1n) is 6.04. The van der Waals surface area contributed by atoms with Gasteiger partial charge in [0.25, 0.3) is 0 Å². The minimum absolute atomic E-state index is 0.0933. The molecule has 2 aromatic rings. The number of nitrogen functional groups attached to an aromatic ring is 1. The second-order valence-corrected chi connectivity index (χ2v) is 4.70. The van der Waals surface area contributed by atoms with Crippen molar-refractivity contribution >= 4 is 11.4 Å². The van der Waals surface area contributed by atoms with E-state index in [0.29, 0.717) is 11.3 Å². The molecule has 104 valence electrons. The highest BCUT2D eigenvalue weighted by molar-refractivity contribution is 5.58. The van der Waals surface area contributed by atoms with E-state index in [1.54, 1.807) is 26.1 Å². The molecular formula is C14H15N3O3. The third kappa shape index (κ3) is 2.69. The zero-order valence-electron chi connectivity index (χ0n) is 11.5. The maximum atomic E-state index is 11.1. The summed E-state index contributed by atoms with van der Waals surface area (Å²) in [5.74, 6) is 0.342. The number of nitrogens with two attached hydrogens (primary N) is 1. The van der Waals surface area contributed by atoms with Gasteiger partial charge in [-0.2, -0.15) is 0 Å². The summed E-state index contributed by atoms with van der Waals surface area (Å²) < 4.78 is 5.56. The molecule has 0 aliphatic carbocycles. The van der Waals surface area contributed by atoms with E-state index in [4.69, 9.17) is 10.5 Å². The van der Waals surface area contributed by atoms with Gasteiger partial charge in [-0.3, -0.25) is 10.1 Å². The Bertz CT molecular complexity index is 684. The van der Waals surface area contributed by atoms with Crippen molar-refractivity contribution in [2.24, 2.45) is 0 Å². The minimum atomic E-state index is -0.473. The minimum Gasteiger partial charge on any atom is -0.429 e. The van der Waals surface area contributed by atoms with Crippen LogP contribution in [0.4, 0.5) is 11.4 Å². The van der Waals surface area contributed by atoms with E-state index in [-0.39, 0.29) is 17.3 Å². The normalized spacial score (nSPS) is 10.3. The number of anilines is 1. The highest BCUT2D eigenvalue weighted by Gasteiger charge is 2.20. The van der Waals surface area contributed by atoms with Crippen LogP contribution >= 0.6 is 0 Å². The Hall–Kier alpha value is -2.63. The molecule has 0 fully saturated rings. The van der Waals surface area contributed by atoms with Crippen LogP contribution in [0.25, 0.3) is 0 Å². The largest absolute Gasteiger partial charge is 0.429 e. The number of rotatable bonds is 3. The molecule has 0 aliphatic heterocycles. The molecule has 0 amide bonds. The summed E-state index contributed by atoms with van der Waals surface area (Å²) in [4.78, 5) is 14.7. The molecule has 0 unspecified atom stereocenters. The summed E-state index contributed by atoms with van der Waals surface area (Å²) in [5, 5.41) is 11.1. The van der Waals surface area contributed by atoms with E-state index < -0.39 is 4.92 Å². The standard InChI is InChI=1S/C14H15N3O3/c1-8-4-10(3)13(12(6-8)17(18)19)20-14-11(15)5-9(2)7-16-14/h4-7H,15H2,1-3H3. The number of aryl methyl sites for hydroxylation is 3. The van der Waals surface area contributed by atoms with Gasteiger partial charge < -0.3 is 10.5 Å². The Morgan fingerprint density at radius 2 is 1.90 bits per heavy atom. The second kappa shape index (κ2) is 5.16. The number of hydrogen-bond donors (Lipinski definition) is 1. The van der Waals surface area contributed by atoms with Crippen LogP contribution in [0.2, 0.25) is 0 Å². The second-order valence-electron chi connectivity index (χ2n) is 4.70. The number of ether oxygens (including phenoxy) is 1. The Morgan fingerprint density at radius 1 is 1.20 bits per heavy atom. The summed E-state index contributed by atoms with van der Waals surface area (Å²) in [7, 11) is 0. The van der Waals surface area contributed by atoms with Crippen molar-refractivity contribution < 1.29 is 9.66 Å². The predicted molar refractivity (Wildman–Crippen MR) is 76.0 cm³/mol. The first-order chi connectivity index (χ1) is 9.38. The van der Waals surface area contributed by atoms with E-state index in [9.17, 15) is 10.1 Å². The molecule has 0 aliphatic rings. The van der Waals surface area contributed by atoms with Gasteiger partial charge in [0.15, 0.2) is 0 Å². The van der Waals surface area contributed by atoms with Gasteiger partial charge in [0.05, 0.1) is 10.6 Å². The number of benzene rings is 1. The van der Waals surface area contributed by atoms with Crippen molar-refractivity contribution in [1.82, 2.24) is 4.98 Å². The lowest BCUT2D eigenvalue weighted by Gasteiger charge is -2.11. The van der Waals surface area contributed by atoms with Gasteiger partial charge in [0.1, 0.15) is 0 Å². The first kappa shape index (κ1) is 13.8. The van der Waals surface area contributed by atoms with Crippen LogP contribution in [-0.4, -0.2) is 9.91 Å². The van der Waals surface area contributed by atoms with Crippen molar-refractivity contribution in [1.29, 1.82) is 0 Å². The average molecular weight is 273 g/mol. The monoisotopic (exact) mass is 273 g/mol. The molecule has 0 bridgehead atoms. The quantitative estimate of drug-likeness (QED) is 0.684. The lowest BCUT2D eigenvalue weighted by atomic mass is 10.1. The first-order valence-corrected chi connectivity index (χ1v) is 6.04. The van der Waals surface area contributed by atoms with Crippen LogP contribution in [0.15, 0.2) is 24.4 Å². The van der Waals surface area contributed by atoms with E-state index in [1.807, 2.05) is 13.0 Å². The molecule has 0 spiro atoms. The Balaban J connectivity index is 2.50. The van der Waals surface area contributed by atoms with Crippen molar-refractivity contribution in [3.05, 3.63) is 51.2 Å². The van der Waals surface area contributed by atoms with Gasteiger partial charge in [-0.1, -0.05) is 6.07 Å².